The second kappa shape index (κ2) is 9.86. The van der Waals surface area contributed by atoms with Crippen molar-refractivity contribution in [3.63, 3.8) is 0 Å². The second-order valence-electron chi connectivity index (χ2n) is 7.42. The first-order valence-corrected chi connectivity index (χ1v) is 10.1. The number of likely N-dealkylation sites (tertiary alicyclic amines) is 1. The molecular weight excluding hydrogens is 416 g/mol. The summed E-state index contributed by atoms with van der Waals surface area (Å²) in [5.41, 5.74) is 0.352. The van der Waals surface area contributed by atoms with E-state index in [0.29, 0.717) is 30.4 Å². The van der Waals surface area contributed by atoms with Crippen molar-refractivity contribution in [1.29, 1.82) is 0 Å². The molecule has 2 N–H and O–H groups in total. The number of carbonyl (C=O) groups is 3. The van der Waals surface area contributed by atoms with Crippen molar-refractivity contribution in [3.8, 4) is 0 Å². The Labute approximate surface area is 183 Å². The molecule has 1 aliphatic heterocycles. The molecule has 166 valence electrons. The van der Waals surface area contributed by atoms with Crippen LogP contribution in [0.15, 0.2) is 60.2 Å². The SMILES string of the molecule is O=C(O)CCCCCN1C(=O)C(=O)/C(=C(/O)c2ccccc2)[C@@H]1c1cccc([N+](=O)[O-])c1. The van der Waals surface area contributed by atoms with Gasteiger partial charge in [0.15, 0.2) is 0 Å². The predicted octanol–water partition coefficient (Wildman–Crippen LogP) is 3.66. The van der Waals surface area contributed by atoms with Crippen LogP contribution in [0.4, 0.5) is 5.69 Å². The van der Waals surface area contributed by atoms with Crippen molar-refractivity contribution >= 4 is 29.1 Å². The number of rotatable bonds is 9. The zero-order chi connectivity index (χ0) is 23.3. The lowest BCUT2D eigenvalue weighted by Gasteiger charge is -2.25. The summed E-state index contributed by atoms with van der Waals surface area (Å²) < 4.78 is 0. The topological polar surface area (TPSA) is 138 Å². The number of hydrogen-bond acceptors (Lipinski definition) is 6. The number of non-ortho nitro benzene ring substituents is 1. The van der Waals surface area contributed by atoms with Crippen LogP contribution in [0.25, 0.3) is 5.76 Å². The van der Waals surface area contributed by atoms with Crippen LogP contribution in [0.5, 0.6) is 0 Å². The van der Waals surface area contributed by atoms with E-state index in [-0.39, 0.29) is 30.0 Å². The van der Waals surface area contributed by atoms with Crippen LogP contribution in [0, 0.1) is 10.1 Å². The minimum Gasteiger partial charge on any atom is -0.507 e. The fraction of sp³-hybridized carbons (Fsp3) is 0.261. The van der Waals surface area contributed by atoms with Crippen LogP contribution in [-0.2, 0) is 14.4 Å². The highest BCUT2D eigenvalue weighted by Gasteiger charge is 2.46. The third kappa shape index (κ3) is 4.83. The fourth-order valence-corrected chi connectivity index (χ4v) is 3.75. The van der Waals surface area contributed by atoms with E-state index in [0.717, 1.165) is 0 Å². The van der Waals surface area contributed by atoms with Crippen LogP contribution in [0.1, 0.15) is 42.9 Å². The number of ketones is 1. The number of aliphatic hydroxyl groups is 1. The molecule has 0 spiro atoms. The zero-order valence-electron chi connectivity index (χ0n) is 17.1. The van der Waals surface area contributed by atoms with E-state index in [2.05, 4.69) is 0 Å². The summed E-state index contributed by atoms with van der Waals surface area (Å²) in [4.78, 5) is 48.4. The molecule has 2 aromatic rings. The summed E-state index contributed by atoms with van der Waals surface area (Å²) >= 11 is 0. The molecule has 1 heterocycles. The van der Waals surface area contributed by atoms with Crippen LogP contribution in [0.3, 0.4) is 0 Å². The third-order valence-corrected chi connectivity index (χ3v) is 5.27. The maximum absolute atomic E-state index is 12.9. The number of carboxylic acid groups (broad SMARTS) is 1. The van der Waals surface area contributed by atoms with E-state index in [1.54, 1.807) is 36.4 Å². The quantitative estimate of drug-likeness (QED) is 0.152. The first-order chi connectivity index (χ1) is 15.3. The number of Topliss-reactive ketones (excluding diaryl/α,β-unsaturated/α-hetero) is 1. The molecule has 3 rings (SSSR count). The number of nitro benzene ring substituents is 1. The van der Waals surface area contributed by atoms with Gasteiger partial charge in [-0.15, -0.1) is 0 Å². The Hall–Kier alpha value is -4.01. The van der Waals surface area contributed by atoms with Crippen LogP contribution in [0.2, 0.25) is 0 Å². The first kappa shape index (κ1) is 22.7. The van der Waals surface area contributed by atoms with Crippen LogP contribution < -0.4 is 0 Å². The summed E-state index contributed by atoms with van der Waals surface area (Å²) in [6, 6.07) is 12.9. The number of carboxylic acids is 1. The van der Waals surface area contributed by atoms with E-state index < -0.39 is 28.6 Å². The number of benzene rings is 2. The molecule has 0 unspecified atom stereocenters. The Kier molecular flexibility index (Phi) is 6.99. The molecule has 32 heavy (non-hydrogen) atoms. The standard InChI is InChI=1S/C23H22N2O7/c26-18(27)12-5-2-6-13-24-20(16-10-7-11-17(14-16)25(31)32)19(22(29)23(24)30)21(28)15-8-3-1-4-9-15/h1,3-4,7-11,14,20,28H,2,5-6,12-13H2,(H,26,27)/b21-19+/t20-/m0/s1. The zero-order valence-corrected chi connectivity index (χ0v) is 17.1. The van der Waals surface area contributed by atoms with E-state index in [4.69, 9.17) is 5.11 Å². The largest absolute Gasteiger partial charge is 0.507 e. The Morgan fingerprint density at radius 1 is 1.00 bits per heavy atom. The average molecular weight is 438 g/mol. The minimum absolute atomic E-state index is 0.00112. The number of hydrogen-bond donors (Lipinski definition) is 2. The lowest BCUT2D eigenvalue weighted by molar-refractivity contribution is -0.384. The molecule has 1 fully saturated rings. The number of aliphatic hydroxyl groups excluding tert-OH is 1. The highest BCUT2D eigenvalue weighted by molar-refractivity contribution is 6.46. The highest BCUT2D eigenvalue weighted by atomic mass is 16.6. The molecular formula is C23H22N2O7. The number of carbonyl (C=O) groups excluding carboxylic acids is 2. The van der Waals surface area contributed by atoms with Crippen molar-refractivity contribution in [2.24, 2.45) is 0 Å². The van der Waals surface area contributed by atoms with Gasteiger partial charge in [-0.3, -0.25) is 24.5 Å². The normalized spacial score (nSPS) is 17.5. The molecule has 0 bridgehead atoms. The second-order valence-corrected chi connectivity index (χ2v) is 7.42. The summed E-state index contributed by atoms with van der Waals surface area (Å²) in [7, 11) is 0. The van der Waals surface area contributed by atoms with Gasteiger partial charge in [-0.1, -0.05) is 48.9 Å². The minimum atomic E-state index is -0.991. The summed E-state index contributed by atoms with van der Waals surface area (Å²) in [6.07, 6.45) is 1.39. The molecule has 2 aromatic carbocycles. The summed E-state index contributed by atoms with van der Waals surface area (Å²) in [5, 5.41) is 30.9. The lowest BCUT2D eigenvalue weighted by Crippen LogP contribution is -2.30. The number of nitrogens with zero attached hydrogens (tertiary/aromatic N) is 2. The van der Waals surface area contributed by atoms with Crippen LogP contribution in [-0.4, -0.2) is 44.2 Å². The van der Waals surface area contributed by atoms with E-state index in [1.165, 1.54) is 23.1 Å². The number of aliphatic carboxylic acids is 1. The molecule has 1 amide bonds. The fourth-order valence-electron chi connectivity index (χ4n) is 3.75. The van der Waals surface area contributed by atoms with Crippen molar-refractivity contribution < 1.29 is 29.5 Å². The molecule has 0 aliphatic carbocycles. The van der Waals surface area contributed by atoms with Crippen molar-refractivity contribution in [3.05, 3.63) is 81.4 Å². The molecule has 9 heteroatoms. The van der Waals surface area contributed by atoms with Gasteiger partial charge in [0, 0.05) is 30.7 Å². The molecule has 0 radical (unpaired) electrons. The number of nitro groups is 1. The van der Waals surface area contributed by atoms with Gasteiger partial charge < -0.3 is 15.1 Å². The molecule has 1 atom stereocenters. The van der Waals surface area contributed by atoms with Crippen molar-refractivity contribution in [2.45, 2.75) is 31.7 Å². The van der Waals surface area contributed by atoms with Gasteiger partial charge in [0.1, 0.15) is 5.76 Å². The van der Waals surface area contributed by atoms with E-state index >= 15 is 0 Å². The maximum Gasteiger partial charge on any atom is 0.303 e. The highest BCUT2D eigenvalue weighted by Crippen LogP contribution is 2.40. The molecule has 0 aromatic heterocycles. The average Bonchev–Trinajstić information content (AvgIpc) is 3.03. The first-order valence-electron chi connectivity index (χ1n) is 10.1. The van der Waals surface area contributed by atoms with Gasteiger partial charge in [0.25, 0.3) is 17.4 Å². The summed E-state index contributed by atoms with van der Waals surface area (Å²) in [6.45, 7) is 0.142. The Balaban J connectivity index is 2.01. The molecule has 1 aliphatic rings. The lowest BCUT2D eigenvalue weighted by atomic mass is 9.95. The molecule has 1 saturated heterocycles. The number of amides is 1. The van der Waals surface area contributed by atoms with Gasteiger partial charge in [-0.2, -0.15) is 0 Å². The maximum atomic E-state index is 12.9. The van der Waals surface area contributed by atoms with Gasteiger partial charge in [-0.25, -0.2) is 0 Å². The smallest absolute Gasteiger partial charge is 0.303 e. The van der Waals surface area contributed by atoms with E-state index in [1.807, 2.05) is 0 Å². The van der Waals surface area contributed by atoms with Gasteiger partial charge >= 0.3 is 5.97 Å². The Morgan fingerprint density at radius 2 is 1.72 bits per heavy atom. The Morgan fingerprint density at radius 3 is 2.38 bits per heavy atom. The Bertz CT molecular complexity index is 1080. The van der Waals surface area contributed by atoms with Gasteiger partial charge in [0.05, 0.1) is 16.5 Å². The number of unbranched alkanes of at least 4 members (excludes halogenated alkanes) is 2. The molecule has 9 nitrogen and oxygen atoms in total. The van der Waals surface area contributed by atoms with Crippen molar-refractivity contribution in [1.82, 2.24) is 4.90 Å². The van der Waals surface area contributed by atoms with Crippen molar-refractivity contribution in [2.75, 3.05) is 6.54 Å². The summed E-state index contributed by atoms with van der Waals surface area (Å²) in [5.74, 6) is -2.94. The van der Waals surface area contributed by atoms with Crippen LogP contribution >= 0.6 is 0 Å². The predicted molar refractivity (Wildman–Crippen MR) is 115 cm³/mol. The monoisotopic (exact) mass is 438 g/mol. The van der Waals surface area contributed by atoms with E-state index in [9.17, 15) is 29.6 Å². The van der Waals surface area contributed by atoms with Gasteiger partial charge in [0.2, 0.25) is 0 Å². The third-order valence-electron chi connectivity index (χ3n) is 5.27. The van der Waals surface area contributed by atoms with Gasteiger partial charge in [-0.05, 0) is 18.4 Å². The molecule has 0 saturated carbocycles.